The number of carbonyl (C=O) groups is 1. The Balaban J connectivity index is 2.71. The first-order valence-electron chi connectivity index (χ1n) is 6.54. The maximum Gasteiger partial charge on any atom is 0.312 e. The summed E-state index contributed by atoms with van der Waals surface area (Å²) in [6, 6.07) is 7.83. The fourth-order valence-corrected chi connectivity index (χ4v) is 2.13. The zero-order valence-corrected chi connectivity index (χ0v) is 12.3. The molecule has 0 fully saturated rings. The van der Waals surface area contributed by atoms with Crippen molar-refractivity contribution in [3.05, 3.63) is 29.8 Å². The first-order valence-corrected chi connectivity index (χ1v) is 6.54. The largest absolute Gasteiger partial charge is 0.469 e. The molecule has 0 spiro atoms. The van der Waals surface area contributed by atoms with Crippen LogP contribution in [0.1, 0.15) is 26.3 Å². The van der Waals surface area contributed by atoms with Gasteiger partial charge in [-0.15, -0.1) is 0 Å². The number of anilines is 1. The summed E-state index contributed by atoms with van der Waals surface area (Å²) in [4.78, 5) is 13.9. The van der Waals surface area contributed by atoms with Crippen LogP contribution in [-0.2, 0) is 16.1 Å². The molecule has 0 amide bonds. The van der Waals surface area contributed by atoms with Crippen molar-refractivity contribution < 1.29 is 9.53 Å². The van der Waals surface area contributed by atoms with Crippen molar-refractivity contribution in [2.75, 3.05) is 25.9 Å². The highest BCUT2D eigenvalue weighted by atomic mass is 16.5. The molecule has 0 bridgehead atoms. The molecule has 1 aromatic carbocycles. The zero-order valence-electron chi connectivity index (χ0n) is 12.3. The van der Waals surface area contributed by atoms with E-state index in [1.807, 2.05) is 38.1 Å². The molecule has 0 saturated carbocycles. The average molecular weight is 264 g/mol. The van der Waals surface area contributed by atoms with Crippen molar-refractivity contribution in [1.82, 2.24) is 4.90 Å². The molecule has 0 aliphatic rings. The van der Waals surface area contributed by atoms with E-state index in [1.165, 1.54) is 7.11 Å². The van der Waals surface area contributed by atoms with E-state index in [-0.39, 0.29) is 5.97 Å². The van der Waals surface area contributed by atoms with Gasteiger partial charge in [0.05, 0.1) is 12.5 Å². The summed E-state index contributed by atoms with van der Waals surface area (Å²) in [6.45, 7) is 8.20. The van der Waals surface area contributed by atoms with Gasteiger partial charge in [0.15, 0.2) is 0 Å². The smallest absolute Gasteiger partial charge is 0.312 e. The molecule has 1 aromatic rings. The maximum atomic E-state index is 11.7. The van der Waals surface area contributed by atoms with Crippen molar-refractivity contribution in [3.63, 3.8) is 0 Å². The van der Waals surface area contributed by atoms with Gasteiger partial charge in [0, 0.05) is 18.8 Å². The number of hydrogen-bond donors (Lipinski definition) is 1. The first kappa shape index (κ1) is 15.5. The summed E-state index contributed by atoms with van der Waals surface area (Å²) in [7, 11) is 1.43. The van der Waals surface area contributed by atoms with Gasteiger partial charge in [0.1, 0.15) is 0 Å². The lowest BCUT2D eigenvalue weighted by Gasteiger charge is -2.30. The normalized spacial score (nSPS) is 11.6. The second-order valence-electron chi connectivity index (χ2n) is 5.42. The van der Waals surface area contributed by atoms with E-state index in [9.17, 15) is 4.79 Å². The van der Waals surface area contributed by atoms with Crippen LogP contribution >= 0.6 is 0 Å². The molecule has 2 N–H and O–H groups in total. The van der Waals surface area contributed by atoms with Gasteiger partial charge in [0.2, 0.25) is 0 Å². The number of rotatable bonds is 6. The summed E-state index contributed by atoms with van der Waals surface area (Å²) in [5.41, 5.74) is 7.19. The van der Waals surface area contributed by atoms with E-state index in [0.717, 1.165) is 24.3 Å². The Morgan fingerprint density at radius 1 is 1.42 bits per heavy atom. The minimum Gasteiger partial charge on any atom is -0.469 e. The van der Waals surface area contributed by atoms with Gasteiger partial charge < -0.3 is 10.5 Å². The molecular formula is C15H24N2O2. The van der Waals surface area contributed by atoms with Crippen molar-refractivity contribution in [1.29, 1.82) is 0 Å². The molecule has 0 atom stereocenters. The summed E-state index contributed by atoms with van der Waals surface area (Å²) >= 11 is 0. The van der Waals surface area contributed by atoms with Crippen LogP contribution in [0.15, 0.2) is 24.3 Å². The van der Waals surface area contributed by atoms with Crippen molar-refractivity contribution in [3.8, 4) is 0 Å². The number of nitrogen functional groups attached to an aromatic ring is 1. The van der Waals surface area contributed by atoms with Crippen LogP contribution in [0, 0.1) is 5.41 Å². The zero-order chi connectivity index (χ0) is 14.5. The van der Waals surface area contributed by atoms with E-state index < -0.39 is 5.41 Å². The van der Waals surface area contributed by atoms with E-state index >= 15 is 0 Å². The van der Waals surface area contributed by atoms with Crippen LogP contribution in [0.4, 0.5) is 5.69 Å². The second kappa shape index (κ2) is 6.57. The van der Waals surface area contributed by atoms with E-state index in [0.29, 0.717) is 6.54 Å². The van der Waals surface area contributed by atoms with Crippen LogP contribution in [0.25, 0.3) is 0 Å². The van der Waals surface area contributed by atoms with Gasteiger partial charge in [-0.25, -0.2) is 0 Å². The standard InChI is InChI=1S/C15H24N2O2/c1-5-17(11-15(2,3)14(18)19-4)10-12-7-6-8-13(16)9-12/h6-9H,5,10-11,16H2,1-4H3. The van der Waals surface area contributed by atoms with Gasteiger partial charge in [-0.05, 0) is 38.1 Å². The van der Waals surface area contributed by atoms with Gasteiger partial charge in [-0.3, -0.25) is 9.69 Å². The minimum atomic E-state index is -0.509. The molecule has 1 rings (SSSR count). The number of methoxy groups -OCH3 is 1. The fourth-order valence-electron chi connectivity index (χ4n) is 2.13. The van der Waals surface area contributed by atoms with Crippen LogP contribution in [0.2, 0.25) is 0 Å². The predicted molar refractivity (Wildman–Crippen MR) is 77.6 cm³/mol. The van der Waals surface area contributed by atoms with E-state index in [1.54, 1.807) is 0 Å². The molecular weight excluding hydrogens is 240 g/mol. The maximum absolute atomic E-state index is 11.7. The second-order valence-corrected chi connectivity index (χ2v) is 5.42. The molecule has 4 nitrogen and oxygen atoms in total. The molecule has 0 aliphatic carbocycles. The molecule has 0 radical (unpaired) electrons. The molecule has 0 heterocycles. The number of esters is 1. The van der Waals surface area contributed by atoms with Crippen LogP contribution < -0.4 is 5.73 Å². The highest BCUT2D eigenvalue weighted by molar-refractivity contribution is 5.76. The van der Waals surface area contributed by atoms with Crippen molar-refractivity contribution in [2.45, 2.75) is 27.3 Å². The highest BCUT2D eigenvalue weighted by Gasteiger charge is 2.30. The average Bonchev–Trinajstić information content (AvgIpc) is 2.36. The molecule has 0 aliphatic heterocycles. The summed E-state index contributed by atoms with van der Waals surface area (Å²) in [5.74, 6) is -0.182. The lowest BCUT2D eigenvalue weighted by Crippen LogP contribution is -2.39. The molecule has 0 aromatic heterocycles. The fraction of sp³-hybridized carbons (Fsp3) is 0.533. The Bertz CT molecular complexity index is 430. The van der Waals surface area contributed by atoms with Gasteiger partial charge in [-0.2, -0.15) is 0 Å². The van der Waals surface area contributed by atoms with E-state index in [4.69, 9.17) is 10.5 Å². The molecule has 0 unspecified atom stereocenters. The Hall–Kier alpha value is -1.55. The Morgan fingerprint density at radius 2 is 2.11 bits per heavy atom. The molecule has 4 heteroatoms. The highest BCUT2D eigenvalue weighted by Crippen LogP contribution is 2.20. The SMILES string of the molecule is CCN(Cc1cccc(N)c1)CC(C)(C)C(=O)OC. The number of hydrogen-bond acceptors (Lipinski definition) is 4. The van der Waals surface area contributed by atoms with Crippen LogP contribution in [0.3, 0.4) is 0 Å². The van der Waals surface area contributed by atoms with E-state index in [2.05, 4.69) is 11.8 Å². The molecule has 0 saturated heterocycles. The Morgan fingerprint density at radius 3 is 2.63 bits per heavy atom. The van der Waals surface area contributed by atoms with Crippen molar-refractivity contribution in [2.24, 2.45) is 5.41 Å². The Labute approximate surface area is 115 Å². The number of nitrogens with two attached hydrogens (primary N) is 1. The van der Waals surface area contributed by atoms with Crippen molar-refractivity contribution >= 4 is 11.7 Å². The third-order valence-electron chi connectivity index (χ3n) is 3.16. The quantitative estimate of drug-likeness (QED) is 0.632. The van der Waals surface area contributed by atoms with Gasteiger partial charge >= 0.3 is 5.97 Å². The monoisotopic (exact) mass is 264 g/mol. The molecule has 106 valence electrons. The lowest BCUT2D eigenvalue weighted by atomic mass is 9.92. The third kappa shape index (κ3) is 4.56. The van der Waals surface area contributed by atoms with Gasteiger partial charge in [0.25, 0.3) is 0 Å². The number of benzene rings is 1. The number of nitrogens with zero attached hydrogens (tertiary/aromatic N) is 1. The number of ether oxygens (including phenoxy) is 1. The van der Waals surface area contributed by atoms with Crippen LogP contribution in [-0.4, -0.2) is 31.1 Å². The molecule has 19 heavy (non-hydrogen) atoms. The minimum absolute atomic E-state index is 0.182. The first-order chi connectivity index (χ1) is 8.89. The summed E-state index contributed by atoms with van der Waals surface area (Å²) < 4.78 is 4.84. The Kier molecular flexibility index (Phi) is 5.36. The lowest BCUT2D eigenvalue weighted by molar-refractivity contribution is -0.151. The van der Waals surface area contributed by atoms with Gasteiger partial charge in [-0.1, -0.05) is 19.1 Å². The third-order valence-corrected chi connectivity index (χ3v) is 3.16. The number of carbonyl (C=O) groups excluding carboxylic acids is 1. The predicted octanol–water partition coefficient (Wildman–Crippen LogP) is 2.29. The topological polar surface area (TPSA) is 55.6 Å². The summed E-state index contributed by atoms with van der Waals surface area (Å²) in [5, 5.41) is 0. The van der Waals surface area contributed by atoms with Crippen LogP contribution in [0.5, 0.6) is 0 Å². The summed E-state index contributed by atoms with van der Waals surface area (Å²) in [6.07, 6.45) is 0.